The number of carbonyl (C=O) groups is 1. The van der Waals surface area contributed by atoms with Crippen LogP contribution in [0.1, 0.15) is 39.2 Å². The molecule has 2 aliphatic heterocycles. The molecule has 0 aliphatic carbocycles. The first-order chi connectivity index (χ1) is 11.3. The van der Waals surface area contributed by atoms with Crippen LogP contribution in [0, 0.1) is 5.41 Å². The first kappa shape index (κ1) is 16.9. The van der Waals surface area contributed by atoms with Crippen LogP contribution in [-0.2, 0) is 10.2 Å². The Morgan fingerprint density at radius 2 is 1.83 bits per heavy atom. The van der Waals surface area contributed by atoms with Gasteiger partial charge in [0, 0.05) is 53.8 Å². The fourth-order valence-corrected chi connectivity index (χ4v) is 3.95. The van der Waals surface area contributed by atoms with E-state index in [2.05, 4.69) is 5.32 Å². The zero-order chi connectivity index (χ0) is 17.5. The second-order valence-electron chi connectivity index (χ2n) is 7.93. The third kappa shape index (κ3) is 2.70. The maximum absolute atomic E-state index is 12.5. The first-order valence-electron chi connectivity index (χ1n) is 8.60. The highest BCUT2D eigenvalue weighted by Gasteiger charge is 2.45. The molecule has 3 rings (SSSR count). The fraction of sp³-hybridized carbons (Fsp3) is 0.632. The summed E-state index contributed by atoms with van der Waals surface area (Å²) in [5.41, 5.74) is 2.07. The van der Waals surface area contributed by atoms with Gasteiger partial charge in [-0.15, -0.1) is 0 Å². The van der Waals surface area contributed by atoms with Crippen molar-refractivity contribution in [3.8, 4) is 11.5 Å². The van der Waals surface area contributed by atoms with E-state index in [4.69, 9.17) is 9.47 Å². The molecule has 1 aromatic rings. The van der Waals surface area contributed by atoms with Gasteiger partial charge >= 0.3 is 0 Å². The number of carbonyl (C=O) groups excluding carboxylic acids is 1. The number of hydrogen-bond acceptors (Lipinski definition) is 4. The maximum Gasteiger partial charge on any atom is 0.227 e. The number of likely N-dealkylation sites (tertiary alicyclic amines) is 1. The van der Waals surface area contributed by atoms with Crippen LogP contribution >= 0.6 is 0 Å². The van der Waals surface area contributed by atoms with Crippen molar-refractivity contribution in [2.45, 2.75) is 39.0 Å². The van der Waals surface area contributed by atoms with E-state index >= 15 is 0 Å². The topological polar surface area (TPSA) is 50.8 Å². The summed E-state index contributed by atoms with van der Waals surface area (Å²) in [6.45, 7) is 8.45. The Kier molecular flexibility index (Phi) is 4.14. The Bertz CT molecular complexity index is 641. The quantitative estimate of drug-likeness (QED) is 0.904. The number of methoxy groups -OCH3 is 2. The van der Waals surface area contributed by atoms with Crippen molar-refractivity contribution in [1.82, 2.24) is 4.90 Å². The Morgan fingerprint density at radius 1 is 1.17 bits per heavy atom. The SMILES string of the molecule is COc1cc2c(c(OC)c1)C1(CCN(C(=O)C(C)(C)C)CC1)CN2. The summed E-state index contributed by atoms with van der Waals surface area (Å²) in [6, 6.07) is 4.00. The van der Waals surface area contributed by atoms with Crippen LogP contribution in [0.5, 0.6) is 11.5 Å². The van der Waals surface area contributed by atoms with Crippen LogP contribution in [0.2, 0.25) is 0 Å². The molecule has 5 nitrogen and oxygen atoms in total. The smallest absolute Gasteiger partial charge is 0.227 e. The van der Waals surface area contributed by atoms with Gasteiger partial charge in [-0.3, -0.25) is 4.79 Å². The fourth-order valence-electron chi connectivity index (χ4n) is 3.95. The van der Waals surface area contributed by atoms with E-state index in [1.54, 1.807) is 14.2 Å². The summed E-state index contributed by atoms with van der Waals surface area (Å²) in [7, 11) is 3.38. The van der Waals surface area contributed by atoms with Crippen LogP contribution in [0.15, 0.2) is 12.1 Å². The lowest BCUT2D eigenvalue weighted by molar-refractivity contribution is -0.141. The van der Waals surface area contributed by atoms with Crippen LogP contribution in [0.25, 0.3) is 0 Å². The van der Waals surface area contributed by atoms with Gasteiger partial charge in [0.15, 0.2) is 0 Å². The number of benzene rings is 1. The molecule has 1 fully saturated rings. The molecule has 132 valence electrons. The summed E-state index contributed by atoms with van der Waals surface area (Å²) in [6.07, 6.45) is 1.91. The third-order valence-corrected chi connectivity index (χ3v) is 5.33. The molecule has 5 heteroatoms. The second kappa shape index (κ2) is 5.87. The van der Waals surface area contributed by atoms with E-state index in [1.807, 2.05) is 37.8 Å². The normalized spacial score (nSPS) is 19.0. The number of ether oxygens (including phenoxy) is 2. The highest BCUT2D eigenvalue weighted by atomic mass is 16.5. The van der Waals surface area contributed by atoms with E-state index in [-0.39, 0.29) is 16.7 Å². The van der Waals surface area contributed by atoms with Gasteiger partial charge in [0.1, 0.15) is 11.5 Å². The van der Waals surface area contributed by atoms with Gasteiger partial charge < -0.3 is 19.7 Å². The third-order valence-electron chi connectivity index (χ3n) is 5.33. The molecule has 1 saturated heterocycles. The first-order valence-corrected chi connectivity index (χ1v) is 8.60. The number of anilines is 1. The zero-order valence-electron chi connectivity index (χ0n) is 15.4. The zero-order valence-corrected chi connectivity index (χ0v) is 15.4. The van der Waals surface area contributed by atoms with Crippen molar-refractivity contribution in [3.63, 3.8) is 0 Å². The van der Waals surface area contributed by atoms with Crippen molar-refractivity contribution in [3.05, 3.63) is 17.7 Å². The molecular weight excluding hydrogens is 304 g/mol. The van der Waals surface area contributed by atoms with Gasteiger partial charge in [-0.05, 0) is 12.8 Å². The Balaban J connectivity index is 1.86. The maximum atomic E-state index is 12.5. The highest BCUT2D eigenvalue weighted by molar-refractivity contribution is 5.81. The van der Waals surface area contributed by atoms with Crippen molar-refractivity contribution in [2.24, 2.45) is 5.41 Å². The molecule has 1 amide bonds. The average molecular weight is 332 g/mol. The van der Waals surface area contributed by atoms with Crippen LogP contribution in [0.4, 0.5) is 5.69 Å². The monoisotopic (exact) mass is 332 g/mol. The lowest BCUT2D eigenvalue weighted by Crippen LogP contribution is -2.49. The molecule has 1 spiro atoms. The molecule has 0 bridgehead atoms. The number of rotatable bonds is 2. The number of fused-ring (bicyclic) bond motifs is 2. The summed E-state index contributed by atoms with van der Waals surface area (Å²) in [4.78, 5) is 14.6. The molecule has 24 heavy (non-hydrogen) atoms. The van der Waals surface area contributed by atoms with E-state index in [0.29, 0.717) is 0 Å². The van der Waals surface area contributed by atoms with Crippen LogP contribution in [0.3, 0.4) is 0 Å². The molecule has 0 atom stereocenters. The van der Waals surface area contributed by atoms with Crippen LogP contribution in [-0.4, -0.2) is 44.7 Å². The largest absolute Gasteiger partial charge is 0.497 e. The van der Waals surface area contributed by atoms with Crippen LogP contribution < -0.4 is 14.8 Å². The molecule has 2 heterocycles. The predicted molar refractivity (Wildman–Crippen MR) is 95.0 cm³/mol. The minimum absolute atomic E-state index is 0.0433. The summed E-state index contributed by atoms with van der Waals surface area (Å²) < 4.78 is 11.0. The number of nitrogens with one attached hydrogen (secondary N) is 1. The lowest BCUT2D eigenvalue weighted by atomic mass is 9.73. The minimum Gasteiger partial charge on any atom is -0.497 e. The molecule has 2 aliphatic rings. The van der Waals surface area contributed by atoms with E-state index in [0.717, 1.165) is 49.7 Å². The van der Waals surface area contributed by atoms with E-state index < -0.39 is 0 Å². The van der Waals surface area contributed by atoms with E-state index in [9.17, 15) is 4.79 Å². The predicted octanol–water partition coefficient (Wildman–Crippen LogP) is 3.04. The average Bonchev–Trinajstić information content (AvgIpc) is 2.92. The molecule has 0 unspecified atom stereocenters. The van der Waals surface area contributed by atoms with Crippen molar-refractivity contribution in [1.29, 1.82) is 0 Å². The summed E-state index contributed by atoms with van der Waals surface area (Å²) in [5, 5.41) is 3.52. The van der Waals surface area contributed by atoms with Gasteiger partial charge in [-0.1, -0.05) is 20.8 Å². The van der Waals surface area contributed by atoms with Gasteiger partial charge in [0.05, 0.1) is 14.2 Å². The van der Waals surface area contributed by atoms with Gasteiger partial charge in [-0.25, -0.2) is 0 Å². The number of piperidine rings is 1. The van der Waals surface area contributed by atoms with Crippen molar-refractivity contribution < 1.29 is 14.3 Å². The highest BCUT2D eigenvalue weighted by Crippen LogP contribution is 2.50. The summed E-state index contributed by atoms with van der Waals surface area (Å²) in [5.74, 6) is 1.92. The minimum atomic E-state index is -0.318. The number of hydrogen-bond donors (Lipinski definition) is 1. The summed E-state index contributed by atoms with van der Waals surface area (Å²) >= 11 is 0. The van der Waals surface area contributed by atoms with E-state index in [1.165, 1.54) is 5.56 Å². The molecule has 0 radical (unpaired) electrons. The molecule has 0 saturated carbocycles. The lowest BCUT2D eigenvalue weighted by Gasteiger charge is -2.41. The Labute approximate surface area is 144 Å². The standard InChI is InChI=1S/C19H28N2O3/c1-18(2,3)17(22)21-8-6-19(7-9-21)12-20-14-10-13(23-4)11-15(24-5)16(14)19/h10-11,20H,6-9,12H2,1-5H3. The Morgan fingerprint density at radius 3 is 2.38 bits per heavy atom. The number of nitrogens with zero attached hydrogens (tertiary/aromatic N) is 1. The second-order valence-corrected chi connectivity index (χ2v) is 7.93. The van der Waals surface area contributed by atoms with Gasteiger partial charge in [0.25, 0.3) is 0 Å². The van der Waals surface area contributed by atoms with Gasteiger partial charge in [-0.2, -0.15) is 0 Å². The molecule has 0 aromatic heterocycles. The molecule has 1 aromatic carbocycles. The number of amides is 1. The molecule has 1 N–H and O–H groups in total. The molecular formula is C19H28N2O3. The van der Waals surface area contributed by atoms with Crippen molar-refractivity contribution >= 4 is 11.6 Å². The van der Waals surface area contributed by atoms with Gasteiger partial charge in [0.2, 0.25) is 5.91 Å². The van der Waals surface area contributed by atoms with Crippen molar-refractivity contribution in [2.75, 3.05) is 39.2 Å². The Hall–Kier alpha value is -1.91.